The second-order valence-corrected chi connectivity index (χ2v) is 3.38. The van der Waals surface area contributed by atoms with Gasteiger partial charge in [0.1, 0.15) is 0 Å². The third-order valence-corrected chi connectivity index (χ3v) is 2.20. The second kappa shape index (κ2) is 5.65. The molecule has 0 aliphatic carbocycles. The number of nitrogens with zero attached hydrogens (tertiary/aromatic N) is 1. The van der Waals surface area contributed by atoms with Gasteiger partial charge in [-0.25, -0.2) is 13.8 Å². The van der Waals surface area contributed by atoms with E-state index in [4.69, 9.17) is 0 Å². The van der Waals surface area contributed by atoms with Crippen molar-refractivity contribution >= 4 is 5.97 Å². The fourth-order valence-corrected chi connectivity index (χ4v) is 1.47. The predicted molar refractivity (Wildman–Crippen MR) is 54.2 cm³/mol. The second-order valence-electron chi connectivity index (χ2n) is 3.38. The monoisotopic (exact) mass is 247 g/mol. The van der Waals surface area contributed by atoms with Gasteiger partial charge < -0.3 is 4.74 Å². The van der Waals surface area contributed by atoms with Crippen molar-refractivity contribution in [3.05, 3.63) is 28.8 Å². The van der Waals surface area contributed by atoms with Crippen LogP contribution in [0, 0.1) is 12.9 Å². The Hall–Kier alpha value is -1.59. The first kappa shape index (κ1) is 13.5. The largest absolute Gasteiger partial charge is 0.466 e. The van der Waals surface area contributed by atoms with Gasteiger partial charge in [-0.2, -0.15) is 4.39 Å². The van der Waals surface area contributed by atoms with Crippen LogP contribution in [0.3, 0.4) is 0 Å². The summed E-state index contributed by atoms with van der Waals surface area (Å²) in [7, 11) is 0. The zero-order valence-electron chi connectivity index (χ0n) is 9.47. The van der Waals surface area contributed by atoms with Crippen molar-refractivity contribution in [2.24, 2.45) is 0 Å². The quantitative estimate of drug-likeness (QED) is 0.606. The lowest BCUT2D eigenvalue weighted by Gasteiger charge is -2.11. The third kappa shape index (κ3) is 3.44. The summed E-state index contributed by atoms with van der Waals surface area (Å²) in [6, 6.07) is 0.645. The average Bonchev–Trinajstić information content (AvgIpc) is 2.21. The molecule has 1 aromatic rings. The number of hydrogen-bond acceptors (Lipinski definition) is 3. The Morgan fingerprint density at radius 2 is 2.18 bits per heavy atom. The van der Waals surface area contributed by atoms with Crippen LogP contribution in [0.2, 0.25) is 0 Å². The van der Waals surface area contributed by atoms with Crippen LogP contribution in [0.1, 0.15) is 30.2 Å². The molecule has 94 valence electrons. The first-order valence-electron chi connectivity index (χ1n) is 5.05. The van der Waals surface area contributed by atoms with E-state index in [1.807, 2.05) is 0 Å². The first-order chi connectivity index (χ1) is 7.95. The van der Waals surface area contributed by atoms with E-state index in [2.05, 4.69) is 9.72 Å². The van der Waals surface area contributed by atoms with Crippen molar-refractivity contribution in [1.82, 2.24) is 4.98 Å². The van der Waals surface area contributed by atoms with Gasteiger partial charge in [-0.1, -0.05) is 0 Å². The normalized spacial score (nSPS) is 10.7. The molecule has 1 rings (SSSR count). The number of aryl methyl sites for hydroxylation is 1. The van der Waals surface area contributed by atoms with Crippen molar-refractivity contribution in [2.45, 2.75) is 26.7 Å². The Bertz CT molecular complexity index is 421. The number of halogens is 3. The Labute approximate surface area is 96.6 Å². The van der Waals surface area contributed by atoms with Crippen molar-refractivity contribution in [2.75, 3.05) is 6.61 Å². The van der Waals surface area contributed by atoms with E-state index in [-0.39, 0.29) is 24.3 Å². The highest BCUT2D eigenvalue weighted by Crippen LogP contribution is 2.25. The maximum Gasteiger partial charge on any atom is 0.310 e. The fourth-order valence-electron chi connectivity index (χ4n) is 1.47. The zero-order chi connectivity index (χ0) is 13.0. The molecule has 0 bridgehead atoms. The highest BCUT2D eigenvalue weighted by Gasteiger charge is 2.20. The Morgan fingerprint density at radius 1 is 1.53 bits per heavy atom. The van der Waals surface area contributed by atoms with Gasteiger partial charge in [-0.05, 0) is 19.4 Å². The number of pyridine rings is 1. The van der Waals surface area contributed by atoms with E-state index in [1.54, 1.807) is 6.92 Å². The summed E-state index contributed by atoms with van der Waals surface area (Å²) in [6.45, 7) is 3.15. The number of esters is 1. The smallest absolute Gasteiger partial charge is 0.310 e. The standard InChI is InChI=1S/C11H12F3NO2/c1-3-17-10(16)5-7-6(2)15-9(12)4-8(7)11(13)14/h4,11H,3,5H2,1-2H3. The van der Waals surface area contributed by atoms with Gasteiger partial charge in [-0.15, -0.1) is 0 Å². The van der Waals surface area contributed by atoms with Gasteiger partial charge in [-0.3, -0.25) is 4.79 Å². The number of carbonyl (C=O) groups excluding carboxylic acids is 1. The lowest BCUT2D eigenvalue weighted by Crippen LogP contribution is -2.12. The van der Waals surface area contributed by atoms with Crippen molar-refractivity contribution < 1.29 is 22.7 Å². The average molecular weight is 247 g/mol. The number of hydrogen-bond donors (Lipinski definition) is 0. The zero-order valence-corrected chi connectivity index (χ0v) is 9.47. The minimum atomic E-state index is -2.85. The summed E-state index contributed by atoms with van der Waals surface area (Å²) < 4.78 is 42.9. The first-order valence-corrected chi connectivity index (χ1v) is 5.05. The molecule has 0 fully saturated rings. The molecule has 0 saturated heterocycles. The van der Waals surface area contributed by atoms with Crippen LogP contribution >= 0.6 is 0 Å². The summed E-state index contributed by atoms with van der Waals surface area (Å²) >= 11 is 0. The van der Waals surface area contributed by atoms with E-state index in [0.717, 1.165) is 0 Å². The van der Waals surface area contributed by atoms with Crippen LogP contribution in [0.15, 0.2) is 6.07 Å². The molecule has 0 aliphatic heterocycles. The molecule has 0 unspecified atom stereocenters. The summed E-state index contributed by atoms with van der Waals surface area (Å²) in [6.07, 6.45) is -3.18. The van der Waals surface area contributed by atoms with Gasteiger partial charge >= 0.3 is 5.97 Å². The molecular formula is C11H12F3NO2. The molecule has 17 heavy (non-hydrogen) atoms. The molecule has 3 nitrogen and oxygen atoms in total. The van der Waals surface area contributed by atoms with Gasteiger partial charge in [0.15, 0.2) is 0 Å². The molecule has 0 atom stereocenters. The van der Waals surface area contributed by atoms with Crippen LogP contribution in [0.5, 0.6) is 0 Å². The topological polar surface area (TPSA) is 39.2 Å². The molecule has 0 radical (unpaired) electrons. The van der Waals surface area contributed by atoms with E-state index >= 15 is 0 Å². The van der Waals surface area contributed by atoms with Gasteiger partial charge in [0.05, 0.1) is 13.0 Å². The highest BCUT2D eigenvalue weighted by molar-refractivity contribution is 5.73. The number of rotatable bonds is 4. The number of ether oxygens (including phenoxy) is 1. The van der Waals surface area contributed by atoms with Crippen molar-refractivity contribution in [1.29, 1.82) is 0 Å². The third-order valence-electron chi connectivity index (χ3n) is 2.20. The molecular weight excluding hydrogens is 235 g/mol. The van der Waals surface area contributed by atoms with Crippen LogP contribution in [-0.2, 0) is 16.0 Å². The molecule has 0 spiro atoms. The van der Waals surface area contributed by atoms with Crippen LogP contribution in [-0.4, -0.2) is 17.6 Å². The maximum absolute atomic E-state index is 12.9. The van der Waals surface area contributed by atoms with E-state index in [9.17, 15) is 18.0 Å². The van der Waals surface area contributed by atoms with E-state index < -0.39 is 23.9 Å². The Balaban J connectivity index is 3.08. The van der Waals surface area contributed by atoms with Gasteiger partial charge in [0.25, 0.3) is 6.43 Å². The van der Waals surface area contributed by atoms with Gasteiger partial charge in [0, 0.05) is 17.3 Å². The van der Waals surface area contributed by atoms with Crippen molar-refractivity contribution in [3.63, 3.8) is 0 Å². The molecule has 0 N–H and O–H groups in total. The minimum absolute atomic E-state index is 0.0276. The van der Waals surface area contributed by atoms with E-state index in [0.29, 0.717) is 6.07 Å². The highest BCUT2D eigenvalue weighted by atomic mass is 19.3. The summed E-state index contributed by atoms with van der Waals surface area (Å²) in [4.78, 5) is 14.7. The molecule has 0 saturated carbocycles. The molecule has 0 amide bonds. The Morgan fingerprint density at radius 3 is 2.71 bits per heavy atom. The minimum Gasteiger partial charge on any atom is -0.466 e. The molecule has 6 heteroatoms. The van der Waals surface area contributed by atoms with Crippen LogP contribution in [0.25, 0.3) is 0 Å². The fraction of sp³-hybridized carbons (Fsp3) is 0.455. The SMILES string of the molecule is CCOC(=O)Cc1c(C(F)F)cc(F)nc1C. The maximum atomic E-state index is 12.9. The summed E-state index contributed by atoms with van der Waals surface area (Å²) in [5.41, 5.74) is -0.406. The molecule has 0 aromatic carbocycles. The summed E-state index contributed by atoms with van der Waals surface area (Å²) in [5, 5.41) is 0. The lowest BCUT2D eigenvalue weighted by atomic mass is 10.0. The number of alkyl halides is 2. The Kier molecular flexibility index (Phi) is 4.48. The predicted octanol–water partition coefficient (Wildman–Crippen LogP) is 2.57. The lowest BCUT2D eigenvalue weighted by molar-refractivity contribution is -0.142. The summed E-state index contributed by atoms with van der Waals surface area (Å²) in [5.74, 6) is -1.61. The van der Waals surface area contributed by atoms with Crippen LogP contribution in [0.4, 0.5) is 13.2 Å². The number of carbonyl (C=O) groups is 1. The van der Waals surface area contributed by atoms with Gasteiger partial charge in [0.2, 0.25) is 5.95 Å². The van der Waals surface area contributed by atoms with Crippen molar-refractivity contribution in [3.8, 4) is 0 Å². The molecule has 0 aliphatic rings. The van der Waals surface area contributed by atoms with E-state index in [1.165, 1.54) is 6.92 Å². The number of aromatic nitrogens is 1. The van der Waals surface area contributed by atoms with Crippen LogP contribution < -0.4 is 0 Å². The molecule has 1 aromatic heterocycles. The molecule has 1 heterocycles.